The maximum absolute atomic E-state index is 4.54. The highest BCUT2D eigenvalue weighted by molar-refractivity contribution is 5.63. The summed E-state index contributed by atoms with van der Waals surface area (Å²) in [5, 5.41) is 7.85. The zero-order valence-electron chi connectivity index (χ0n) is 8.70. The van der Waals surface area contributed by atoms with Gasteiger partial charge in [-0.15, -0.1) is 0 Å². The monoisotopic (exact) mass is 199 g/mol. The molecular weight excluding hydrogens is 186 g/mol. The van der Waals surface area contributed by atoms with Crippen LogP contribution in [0.1, 0.15) is 5.56 Å². The number of nitrogens with zero attached hydrogens (tertiary/aromatic N) is 2. The molecule has 1 N–H and O–H groups in total. The first-order valence-electron chi connectivity index (χ1n) is 5.22. The number of anilines is 1. The van der Waals surface area contributed by atoms with Crippen molar-refractivity contribution in [3.8, 4) is 11.3 Å². The van der Waals surface area contributed by atoms with Crippen LogP contribution in [-0.4, -0.2) is 16.3 Å². The van der Waals surface area contributed by atoms with Gasteiger partial charge in [-0.3, -0.25) is 0 Å². The molecule has 2 aromatic rings. The molecule has 3 rings (SSSR count). The molecule has 1 aromatic carbocycles. The SMILES string of the molecule is Cc1ccc(-c2cc3n(n2)CCN3)cc1. The second kappa shape index (κ2) is 3.12. The van der Waals surface area contributed by atoms with Crippen LogP contribution in [0.5, 0.6) is 0 Å². The average molecular weight is 199 g/mol. The Balaban J connectivity index is 2.02. The molecule has 0 fully saturated rings. The van der Waals surface area contributed by atoms with E-state index < -0.39 is 0 Å². The number of rotatable bonds is 1. The van der Waals surface area contributed by atoms with Gasteiger partial charge < -0.3 is 5.32 Å². The van der Waals surface area contributed by atoms with Gasteiger partial charge in [-0.1, -0.05) is 29.8 Å². The molecule has 3 nitrogen and oxygen atoms in total. The van der Waals surface area contributed by atoms with E-state index in [4.69, 9.17) is 0 Å². The highest BCUT2D eigenvalue weighted by atomic mass is 15.4. The zero-order valence-corrected chi connectivity index (χ0v) is 8.70. The van der Waals surface area contributed by atoms with E-state index in [9.17, 15) is 0 Å². The summed E-state index contributed by atoms with van der Waals surface area (Å²) < 4.78 is 2.02. The summed E-state index contributed by atoms with van der Waals surface area (Å²) in [6, 6.07) is 10.6. The van der Waals surface area contributed by atoms with Gasteiger partial charge in [-0.25, -0.2) is 4.68 Å². The zero-order chi connectivity index (χ0) is 10.3. The van der Waals surface area contributed by atoms with Gasteiger partial charge in [0.05, 0.1) is 12.2 Å². The molecule has 0 radical (unpaired) electrons. The number of hydrogen-bond donors (Lipinski definition) is 1. The Morgan fingerprint density at radius 1 is 1.27 bits per heavy atom. The van der Waals surface area contributed by atoms with Gasteiger partial charge >= 0.3 is 0 Å². The number of benzene rings is 1. The summed E-state index contributed by atoms with van der Waals surface area (Å²) >= 11 is 0. The second-order valence-corrected chi connectivity index (χ2v) is 3.93. The molecule has 0 amide bonds. The predicted octanol–water partition coefficient (Wildman–Crippen LogP) is 2.28. The lowest BCUT2D eigenvalue weighted by molar-refractivity contribution is 0.699. The van der Waals surface area contributed by atoms with Gasteiger partial charge in [0.2, 0.25) is 0 Å². The summed E-state index contributed by atoms with van der Waals surface area (Å²) in [6.45, 7) is 4.07. The first-order valence-corrected chi connectivity index (χ1v) is 5.22. The minimum atomic E-state index is 0.973. The van der Waals surface area contributed by atoms with E-state index in [2.05, 4.69) is 47.7 Å². The van der Waals surface area contributed by atoms with Crippen LogP contribution in [0, 0.1) is 6.92 Å². The van der Waals surface area contributed by atoms with Crippen molar-refractivity contribution in [2.24, 2.45) is 0 Å². The highest BCUT2D eigenvalue weighted by Crippen LogP contribution is 2.24. The molecule has 0 bridgehead atoms. The van der Waals surface area contributed by atoms with E-state index in [0.29, 0.717) is 0 Å². The van der Waals surface area contributed by atoms with E-state index >= 15 is 0 Å². The third-order valence-electron chi connectivity index (χ3n) is 2.76. The maximum atomic E-state index is 4.54. The molecule has 0 saturated carbocycles. The summed E-state index contributed by atoms with van der Waals surface area (Å²) in [7, 11) is 0. The molecule has 3 heteroatoms. The van der Waals surface area contributed by atoms with Crippen molar-refractivity contribution in [3.63, 3.8) is 0 Å². The van der Waals surface area contributed by atoms with Crippen LogP contribution in [0.3, 0.4) is 0 Å². The van der Waals surface area contributed by atoms with Crippen molar-refractivity contribution < 1.29 is 0 Å². The normalized spacial score (nSPS) is 13.7. The van der Waals surface area contributed by atoms with Crippen LogP contribution < -0.4 is 5.32 Å². The van der Waals surface area contributed by atoms with Crippen molar-refractivity contribution in [2.75, 3.05) is 11.9 Å². The molecule has 0 atom stereocenters. The van der Waals surface area contributed by atoms with Crippen molar-refractivity contribution in [1.82, 2.24) is 9.78 Å². The van der Waals surface area contributed by atoms with E-state index in [1.54, 1.807) is 0 Å². The van der Waals surface area contributed by atoms with Crippen LogP contribution in [0.15, 0.2) is 30.3 Å². The summed E-state index contributed by atoms with van der Waals surface area (Å²) in [4.78, 5) is 0. The standard InChI is InChI=1S/C12H13N3/c1-9-2-4-10(5-3-9)11-8-12-13-6-7-15(12)14-11/h2-5,8,13H,6-7H2,1H3. The third kappa shape index (κ3) is 1.40. The lowest BCUT2D eigenvalue weighted by Crippen LogP contribution is -1.96. The predicted molar refractivity (Wildman–Crippen MR) is 60.9 cm³/mol. The molecule has 1 aromatic heterocycles. The number of aromatic nitrogens is 2. The molecular formula is C12H13N3. The van der Waals surface area contributed by atoms with Crippen LogP contribution >= 0.6 is 0 Å². The first kappa shape index (κ1) is 8.53. The highest BCUT2D eigenvalue weighted by Gasteiger charge is 2.13. The topological polar surface area (TPSA) is 29.9 Å². The van der Waals surface area contributed by atoms with Gasteiger partial charge in [0.15, 0.2) is 0 Å². The number of fused-ring (bicyclic) bond motifs is 1. The van der Waals surface area contributed by atoms with Crippen LogP contribution in [0.25, 0.3) is 11.3 Å². The van der Waals surface area contributed by atoms with Crippen molar-refractivity contribution >= 4 is 5.82 Å². The van der Waals surface area contributed by atoms with Gasteiger partial charge in [-0.2, -0.15) is 5.10 Å². The number of aryl methyl sites for hydroxylation is 1. The fourth-order valence-electron chi connectivity index (χ4n) is 1.88. The van der Waals surface area contributed by atoms with Gasteiger partial charge in [0.25, 0.3) is 0 Å². The quantitative estimate of drug-likeness (QED) is 0.763. The molecule has 15 heavy (non-hydrogen) atoms. The number of nitrogens with one attached hydrogen (secondary N) is 1. The van der Waals surface area contributed by atoms with Gasteiger partial charge in [0, 0.05) is 18.2 Å². The summed E-state index contributed by atoms with van der Waals surface area (Å²) in [5.41, 5.74) is 3.52. The minimum Gasteiger partial charge on any atom is -0.368 e. The molecule has 76 valence electrons. The van der Waals surface area contributed by atoms with Crippen LogP contribution in [0.4, 0.5) is 5.82 Å². The van der Waals surface area contributed by atoms with E-state index in [0.717, 1.165) is 24.6 Å². The first-order chi connectivity index (χ1) is 7.33. The Bertz CT molecular complexity index is 461. The van der Waals surface area contributed by atoms with Crippen LogP contribution in [0.2, 0.25) is 0 Å². The van der Waals surface area contributed by atoms with E-state index in [-0.39, 0.29) is 0 Å². The lowest BCUT2D eigenvalue weighted by Gasteiger charge is -1.97. The molecule has 0 unspecified atom stereocenters. The van der Waals surface area contributed by atoms with Gasteiger partial charge in [0.1, 0.15) is 5.82 Å². The Kier molecular flexibility index (Phi) is 1.78. The fourth-order valence-corrected chi connectivity index (χ4v) is 1.88. The Hall–Kier alpha value is -1.77. The Morgan fingerprint density at radius 2 is 2.07 bits per heavy atom. The molecule has 0 saturated heterocycles. The van der Waals surface area contributed by atoms with E-state index in [1.165, 1.54) is 11.1 Å². The van der Waals surface area contributed by atoms with Crippen molar-refractivity contribution in [3.05, 3.63) is 35.9 Å². The molecule has 0 aliphatic carbocycles. The third-order valence-corrected chi connectivity index (χ3v) is 2.76. The molecule has 1 aliphatic heterocycles. The van der Waals surface area contributed by atoms with Crippen molar-refractivity contribution in [1.29, 1.82) is 0 Å². The molecule has 0 spiro atoms. The fraction of sp³-hybridized carbons (Fsp3) is 0.250. The van der Waals surface area contributed by atoms with Gasteiger partial charge in [-0.05, 0) is 6.92 Å². The average Bonchev–Trinajstić information content (AvgIpc) is 2.78. The smallest absolute Gasteiger partial charge is 0.125 e. The van der Waals surface area contributed by atoms with E-state index in [1.807, 2.05) is 4.68 Å². The largest absolute Gasteiger partial charge is 0.368 e. The lowest BCUT2D eigenvalue weighted by atomic mass is 10.1. The maximum Gasteiger partial charge on any atom is 0.125 e. The Morgan fingerprint density at radius 3 is 2.80 bits per heavy atom. The Labute approximate surface area is 88.7 Å². The van der Waals surface area contributed by atoms with Crippen molar-refractivity contribution in [2.45, 2.75) is 13.5 Å². The minimum absolute atomic E-state index is 0.973. The van der Waals surface area contributed by atoms with Crippen LogP contribution in [-0.2, 0) is 6.54 Å². The summed E-state index contributed by atoms with van der Waals surface area (Å²) in [6.07, 6.45) is 0. The summed E-state index contributed by atoms with van der Waals surface area (Å²) in [5.74, 6) is 1.13. The number of hydrogen-bond acceptors (Lipinski definition) is 2. The second-order valence-electron chi connectivity index (χ2n) is 3.93. The molecule has 1 aliphatic rings. The molecule has 2 heterocycles.